The van der Waals surface area contributed by atoms with Crippen molar-refractivity contribution in [1.82, 2.24) is 30.7 Å². The molecule has 0 aromatic carbocycles. The van der Waals surface area contributed by atoms with Crippen LogP contribution >= 0.6 is 11.3 Å². The molecule has 0 unspecified atom stereocenters. The van der Waals surface area contributed by atoms with Crippen molar-refractivity contribution in [3.05, 3.63) is 34.0 Å². The predicted molar refractivity (Wildman–Crippen MR) is 109 cm³/mol. The Balaban J connectivity index is 2.05. The van der Waals surface area contributed by atoms with E-state index >= 15 is 0 Å². The smallest absolute Gasteiger partial charge is 0.227 e. The maximum absolute atomic E-state index is 12.2. The zero-order valence-corrected chi connectivity index (χ0v) is 17.5. The van der Waals surface area contributed by atoms with Crippen LogP contribution in [0.2, 0.25) is 0 Å². The van der Waals surface area contributed by atoms with Crippen LogP contribution in [0.3, 0.4) is 0 Å². The Morgan fingerprint density at radius 1 is 1.30 bits per heavy atom. The first-order valence-electron chi connectivity index (χ1n) is 9.01. The number of aliphatic imine (C=N–C) groups is 1. The van der Waals surface area contributed by atoms with Crippen LogP contribution < -0.4 is 16.0 Å². The molecule has 27 heavy (non-hydrogen) atoms. The molecule has 0 radical (unpaired) electrons. The fraction of sp³-hybridized carbons (Fsp3) is 0.556. The number of carbonyl (C=O) groups excluding carboxylic acids is 1. The maximum Gasteiger partial charge on any atom is 0.227 e. The van der Waals surface area contributed by atoms with Gasteiger partial charge in [-0.15, -0.1) is 21.5 Å². The summed E-state index contributed by atoms with van der Waals surface area (Å²) < 4.78 is 1.92. The molecule has 2 aromatic rings. The van der Waals surface area contributed by atoms with Crippen LogP contribution in [-0.2, 0) is 24.9 Å². The highest BCUT2D eigenvalue weighted by molar-refractivity contribution is 7.09. The number of guanidine groups is 1. The number of thiophene rings is 1. The highest BCUT2D eigenvalue weighted by Gasteiger charge is 2.27. The summed E-state index contributed by atoms with van der Waals surface area (Å²) in [7, 11) is 1.92. The highest BCUT2D eigenvalue weighted by atomic mass is 32.1. The molecule has 8 nitrogen and oxygen atoms in total. The maximum atomic E-state index is 12.2. The van der Waals surface area contributed by atoms with Crippen molar-refractivity contribution in [2.45, 2.75) is 40.8 Å². The molecule has 0 bridgehead atoms. The van der Waals surface area contributed by atoms with Gasteiger partial charge in [0.1, 0.15) is 12.4 Å². The second kappa shape index (κ2) is 9.50. The molecule has 0 spiro atoms. The minimum Gasteiger partial charge on any atom is -0.356 e. The summed E-state index contributed by atoms with van der Waals surface area (Å²) in [5, 5.41) is 19.7. The fourth-order valence-electron chi connectivity index (χ4n) is 2.28. The number of hydrogen-bond acceptors (Lipinski definition) is 5. The first-order valence-corrected chi connectivity index (χ1v) is 9.89. The van der Waals surface area contributed by atoms with Gasteiger partial charge in [0.2, 0.25) is 5.91 Å². The summed E-state index contributed by atoms with van der Waals surface area (Å²) in [5.41, 5.74) is -0.553. The first kappa shape index (κ1) is 20.9. The van der Waals surface area contributed by atoms with Crippen LogP contribution in [0.1, 0.15) is 37.3 Å². The molecule has 1 amide bonds. The average molecular weight is 392 g/mol. The molecule has 0 aliphatic carbocycles. The van der Waals surface area contributed by atoms with Gasteiger partial charge in [-0.05, 0) is 39.1 Å². The van der Waals surface area contributed by atoms with Crippen molar-refractivity contribution in [1.29, 1.82) is 0 Å². The van der Waals surface area contributed by atoms with Crippen molar-refractivity contribution in [2.24, 2.45) is 17.5 Å². The van der Waals surface area contributed by atoms with Crippen molar-refractivity contribution in [2.75, 3.05) is 13.1 Å². The highest BCUT2D eigenvalue weighted by Crippen LogP contribution is 2.13. The van der Waals surface area contributed by atoms with Gasteiger partial charge in [-0.1, -0.05) is 6.07 Å². The average Bonchev–Trinajstić information content (AvgIpc) is 3.26. The quantitative estimate of drug-likeness (QED) is 0.469. The molecule has 0 fully saturated rings. The minimum atomic E-state index is -0.553. The third-order valence-electron chi connectivity index (χ3n) is 4.22. The molecule has 2 heterocycles. The Morgan fingerprint density at radius 2 is 2.07 bits per heavy atom. The summed E-state index contributed by atoms with van der Waals surface area (Å²) in [6.07, 6.45) is 0. The number of nitrogens with one attached hydrogen (secondary N) is 3. The molecule has 0 saturated heterocycles. The number of aryl methyl sites for hydroxylation is 1. The molecule has 0 aliphatic rings. The van der Waals surface area contributed by atoms with E-state index in [1.165, 1.54) is 4.88 Å². The Bertz CT molecular complexity index is 765. The van der Waals surface area contributed by atoms with E-state index in [0.29, 0.717) is 32.1 Å². The van der Waals surface area contributed by atoms with Gasteiger partial charge >= 0.3 is 0 Å². The first-order chi connectivity index (χ1) is 12.8. The Labute approximate surface area is 164 Å². The van der Waals surface area contributed by atoms with E-state index in [1.807, 2.05) is 50.8 Å². The number of nitrogens with zero attached hydrogens (tertiary/aromatic N) is 4. The molecule has 0 saturated carbocycles. The number of amides is 1. The molecule has 2 aromatic heterocycles. The number of hydrogen-bond donors (Lipinski definition) is 3. The summed E-state index contributed by atoms with van der Waals surface area (Å²) in [6.45, 7) is 9.80. The molecule has 148 valence electrons. The molecule has 0 atom stereocenters. The van der Waals surface area contributed by atoms with E-state index in [2.05, 4.69) is 37.2 Å². The zero-order chi connectivity index (χ0) is 19.9. The summed E-state index contributed by atoms with van der Waals surface area (Å²) in [4.78, 5) is 18.0. The summed E-state index contributed by atoms with van der Waals surface area (Å²) in [5.74, 6) is 2.28. The van der Waals surface area contributed by atoms with Crippen molar-refractivity contribution in [3.8, 4) is 0 Å². The van der Waals surface area contributed by atoms with Crippen LogP contribution in [0.5, 0.6) is 0 Å². The third-order valence-corrected chi connectivity index (χ3v) is 5.10. The lowest BCUT2D eigenvalue weighted by Crippen LogP contribution is -2.47. The second-order valence-corrected chi connectivity index (χ2v) is 7.95. The topological polar surface area (TPSA) is 96.2 Å². The third kappa shape index (κ3) is 6.06. The van der Waals surface area contributed by atoms with Gasteiger partial charge in [-0.2, -0.15) is 0 Å². The number of rotatable bonds is 8. The Morgan fingerprint density at radius 3 is 2.67 bits per heavy atom. The number of aromatic nitrogens is 3. The van der Waals surface area contributed by atoms with E-state index in [-0.39, 0.29) is 5.91 Å². The number of carbonyl (C=O) groups is 1. The van der Waals surface area contributed by atoms with Crippen LogP contribution in [0.15, 0.2) is 22.5 Å². The van der Waals surface area contributed by atoms with Gasteiger partial charge in [0.25, 0.3) is 0 Å². The normalized spacial score (nSPS) is 12.1. The monoisotopic (exact) mass is 391 g/mol. The Kier molecular flexibility index (Phi) is 7.35. The molecular formula is C18H29N7OS. The van der Waals surface area contributed by atoms with E-state index in [0.717, 1.165) is 11.6 Å². The lowest BCUT2D eigenvalue weighted by Gasteiger charge is -2.25. The molecular weight excluding hydrogens is 362 g/mol. The van der Waals surface area contributed by atoms with Crippen LogP contribution in [0.4, 0.5) is 0 Å². The van der Waals surface area contributed by atoms with Gasteiger partial charge in [0.05, 0.1) is 12.0 Å². The van der Waals surface area contributed by atoms with Gasteiger partial charge in [-0.25, -0.2) is 4.99 Å². The zero-order valence-electron chi connectivity index (χ0n) is 16.7. The minimum absolute atomic E-state index is 0.0130. The second-order valence-electron chi connectivity index (χ2n) is 6.92. The van der Waals surface area contributed by atoms with E-state index < -0.39 is 5.41 Å². The summed E-state index contributed by atoms with van der Waals surface area (Å²) >= 11 is 1.68. The fourth-order valence-corrected chi connectivity index (χ4v) is 2.93. The van der Waals surface area contributed by atoms with Crippen LogP contribution in [0.25, 0.3) is 0 Å². The summed E-state index contributed by atoms with van der Waals surface area (Å²) in [6, 6.07) is 4.09. The van der Waals surface area contributed by atoms with E-state index in [1.54, 1.807) is 11.3 Å². The molecule has 0 aliphatic heterocycles. The lowest BCUT2D eigenvalue weighted by atomic mass is 9.92. The standard InChI is InChI=1S/C18H29N7OS/c1-6-19-16(26)18(3,4)12-22-17(20-10-14-8-7-9-27-14)21-11-15-24-23-13(2)25(15)5/h7-9H,6,10-12H2,1-5H3,(H,19,26)(H2,20,21,22). The van der Waals surface area contributed by atoms with Gasteiger partial charge in [0, 0.05) is 25.0 Å². The Hall–Kier alpha value is -2.42. The van der Waals surface area contributed by atoms with Gasteiger partial charge < -0.3 is 20.5 Å². The van der Waals surface area contributed by atoms with Gasteiger partial charge in [0.15, 0.2) is 11.8 Å². The van der Waals surface area contributed by atoms with E-state index in [4.69, 9.17) is 0 Å². The van der Waals surface area contributed by atoms with Crippen molar-refractivity contribution < 1.29 is 4.79 Å². The molecule has 3 N–H and O–H groups in total. The molecule has 2 rings (SSSR count). The predicted octanol–water partition coefficient (Wildman–Crippen LogP) is 1.58. The largest absolute Gasteiger partial charge is 0.356 e. The van der Waals surface area contributed by atoms with E-state index in [9.17, 15) is 4.79 Å². The lowest BCUT2D eigenvalue weighted by molar-refractivity contribution is -0.128. The SMILES string of the molecule is CCNC(=O)C(C)(C)CNC(=NCc1nnc(C)n1C)NCc1cccs1. The van der Waals surface area contributed by atoms with Crippen LogP contribution in [0, 0.1) is 12.3 Å². The van der Waals surface area contributed by atoms with Gasteiger partial charge in [-0.3, -0.25) is 4.79 Å². The molecule has 9 heteroatoms. The van der Waals surface area contributed by atoms with Crippen molar-refractivity contribution in [3.63, 3.8) is 0 Å². The van der Waals surface area contributed by atoms with Crippen LogP contribution in [-0.4, -0.2) is 39.7 Å². The van der Waals surface area contributed by atoms with Crippen molar-refractivity contribution >= 4 is 23.2 Å².